The number of halogens is 3. The van der Waals surface area contributed by atoms with Gasteiger partial charge in [0.25, 0.3) is 0 Å². The molecule has 2 rings (SSSR count). The van der Waals surface area contributed by atoms with Crippen LogP contribution in [0.5, 0.6) is 0 Å². The first kappa shape index (κ1) is 10.9. The molecule has 0 N–H and O–H groups in total. The van der Waals surface area contributed by atoms with Gasteiger partial charge in [-0.1, -0.05) is 11.6 Å². The van der Waals surface area contributed by atoms with Crippen LogP contribution >= 0.6 is 61.8 Å². The van der Waals surface area contributed by atoms with Crippen LogP contribution in [0.3, 0.4) is 0 Å². The maximum atomic E-state index is 5.94. The summed E-state index contributed by atoms with van der Waals surface area (Å²) < 4.78 is 1.67. The Morgan fingerprint density at radius 3 is 2.79 bits per heavy atom. The van der Waals surface area contributed by atoms with Crippen molar-refractivity contribution in [1.82, 2.24) is 4.98 Å². The molecule has 0 aromatic carbocycles. The van der Waals surface area contributed by atoms with Crippen LogP contribution < -0.4 is 0 Å². The van der Waals surface area contributed by atoms with Crippen LogP contribution in [0, 0.1) is 0 Å². The summed E-state index contributed by atoms with van der Waals surface area (Å²) in [6, 6.07) is 1.98. The number of hydrogen-bond acceptors (Lipinski definition) is 3. The molecule has 0 saturated carbocycles. The molecule has 0 unspecified atom stereocenters. The zero-order valence-corrected chi connectivity index (χ0v) is 11.5. The SMILES string of the molecule is ClCc1csc(-c2cc(Br)c(Cl)s2)n1. The molecule has 74 valence electrons. The molecule has 2 heterocycles. The van der Waals surface area contributed by atoms with Crippen molar-refractivity contribution >= 4 is 61.8 Å². The first-order chi connectivity index (χ1) is 6.70. The van der Waals surface area contributed by atoms with Crippen molar-refractivity contribution in [2.75, 3.05) is 0 Å². The van der Waals surface area contributed by atoms with E-state index in [1.165, 1.54) is 11.3 Å². The standard InChI is InChI=1S/C8H4BrCl2NS2/c9-5-1-6(14-7(5)11)8-12-4(2-10)3-13-8/h1,3H,2H2. The Kier molecular flexibility index (Phi) is 3.50. The topological polar surface area (TPSA) is 12.9 Å². The van der Waals surface area contributed by atoms with E-state index in [1.807, 2.05) is 11.4 Å². The Bertz CT molecular complexity index is 432. The molecule has 0 spiro atoms. The fraction of sp³-hybridized carbons (Fsp3) is 0.125. The highest BCUT2D eigenvalue weighted by Crippen LogP contribution is 2.39. The van der Waals surface area contributed by atoms with Crippen LogP contribution in [0.15, 0.2) is 15.9 Å². The van der Waals surface area contributed by atoms with Gasteiger partial charge in [0.15, 0.2) is 0 Å². The summed E-state index contributed by atoms with van der Waals surface area (Å²) in [4.78, 5) is 5.44. The molecule has 0 radical (unpaired) electrons. The quantitative estimate of drug-likeness (QED) is 0.705. The van der Waals surface area contributed by atoms with E-state index < -0.39 is 0 Å². The lowest BCUT2D eigenvalue weighted by atomic mass is 10.5. The second kappa shape index (κ2) is 4.49. The molecular weight excluding hydrogens is 325 g/mol. The molecule has 0 aliphatic rings. The van der Waals surface area contributed by atoms with E-state index in [4.69, 9.17) is 23.2 Å². The summed E-state index contributed by atoms with van der Waals surface area (Å²) in [7, 11) is 0. The van der Waals surface area contributed by atoms with Crippen molar-refractivity contribution in [3.63, 3.8) is 0 Å². The lowest BCUT2D eigenvalue weighted by Crippen LogP contribution is -1.75. The van der Waals surface area contributed by atoms with E-state index in [0.717, 1.165) is 24.4 Å². The number of alkyl halides is 1. The van der Waals surface area contributed by atoms with Gasteiger partial charge in [-0.05, 0) is 22.0 Å². The van der Waals surface area contributed by atoms with Crippen LogP contribution in [0.25, 0.3) is 9.88 Å². The van der Waals surface area contributed by atoms with Gasteiger partial charge in [0, 0.05) is 9.85 Å². The van der Waals surface area contributed by atoms with Crippen LogP contribution in [0.2, 0.25) is 4.34 Å². The smallest absolute Gasteiger partial charge is 0.133 e. The molecule has 14 heavy (non-hydrogen) atoms. The van der Waals surface area contributed by atoms with Crippen molar-refractivity contribution in [3.05, 3.63) is 25.9 Å². The Balaban J connectivity index is 2.39. The number of aromatic nitrogens is 1. The van der Waals surface area contributed by atoms with E-state index in [-0.39, 0.29) is 0 Å². The van der Waals surface area contributed by atoms with Gasteiger partial charge in [-0.25, -0.2) is 4.98 Å². The minimum Gasteiger partial charge on any atom is -0.239 e. The van der Waals surface area contributed by atoms with Crippen molar-refractivity contribution in [2.24, 2.45) is 0 Å². The van der Waals surface area contributed by atoms with Crippen LogP contribution in [-0.4, -0.2) is 4.98 Å². The van der Waals surface area contributed by atoms with E-state index in [2.05, 4.69) is 20.9 Å². The Labute approximate surface area is 108 Å². The number of rotatable bonds is 2. The van der Waals surface area contributed by atoms with E-state index >= 15 is 0 Å². The molecule has 0 aliphatic heterocycles. The average Bonchev–Trinajstić information content (AvgIpc) is 2.74. The normalized spacial score (nSPS) is 10.8. The fourth-order valence-electron chi connectivity index (χ4n) is 0.934. The molecule has 0 aliphatic carbocycles. The van der Waals surface area contributed by atoms with Gasteiger partial charge in [-0.15, -0.1) is 34.3 Å². The maximum absolute atomic E-state index is 5.94. The summed E-state index contributed by atoms with van der Waals surface area (Å²) in [6.45, 7) is 0. The molecule has 0 saturated heterocycles. The summed E-state index contributed by atoms with van der Waals surface area (Å²) in [5.74, 6) is 0.455. The lowest BCUT2D eigenvalue weighted by molar-refractivity contribution is 1.23. The monoisotopic (exact) mass is 327 g/mol. The average molecular weight is 329 g/mol. The molecule has 0 fully saturated rings. The van der Waals surface area contributed by atoms with E-state index in [1.54, 1.807) is 11.3 Å². The lowest BCUT2D eigenvalue weighted by Gasteiger charge is -1.86. The molecule has 2 aromatic rings. The Hall–Kier alpha value is 0.390. The highest BCUT2D eigenvalue weighted by molar-refractivity contribution is 9.10. The fourth-order valence-corrected chi connectivity index (χ4v) is 3.75. The summed E-state index contributed by atoms with van der Waals surface area (Å²) in [5, 5.41) is 2.93. The van der Waals surface area contributed by atoms with E-state index in [9.17, 15) is 0 Å². The van der Waals surface area contributed by atoms with Gasteiger partial charge in [0.1, 0.15) is 9.34 Å². The summed E-state index contributed by atoms with van der Waals surface area (Å²) >= 11 is 18.1. The molecule has 0 amide bonds. The molecule has 0 bridgehead atoms. The number of hydrogen-bond donors (Lipinski definition) is 0. The second-order valence-electron chi connectivity index (χ2n) is 2.51. The van der Waals surface area contributed by atoms with Gasteiger partial charge in [-0.2, -0.15) is 0 Å². The highest BCUT2D eigenvalue weighted by Gasteiger charge is 2.09. The van der Waals surface area contributed by atoms with Gasteiger partial charge in [0.2, 0.25) is 0 Å². The third-order valence-corrected chi connectivity index (χ3v) is 5.35. The molecule has 1 nitrogen and oxygen atoms in total. The molecular formula is C8H4BrCl2NS2. The third kappa shape index (κ3) is 2.14. The van der Waals surface area contributed by atoms with E-state index in [0.29, 0.717) is 5.88 Å². The molecule has 0 atom stereocenters. The van der Waals surface area contributed by atoms with Gasteiger partial charge in [0.05, 0.1) is 16.5 Å². The molecule has 2 aromatic heterocycles. The predicted octanol–water partition coefficient (Wildman–Crippen LogP) is 5.03. The van der Waals surface area contributed by atoms with Crippen molar-refractivity contribution in [1.29, 1.82) is 0 Å². The maximum Gasteiger partial charge on any atom is 0.133 e. The minimum absolute atomic E-state index is 0.455. The number of nitrogens with zero attached hydrogens (tertiary/aromatic N) is 1. The van der Waals surface area contributed by atoms with Crippen LogP contribution in [0.4, 0.5) is 0 Å². The largest absolute Gasteiger partial charge is 0.239 e. The summed E-state index contributed by atoms with van der Waals surface area (Å²) in [5.41, 5.74) is 0.910. The molecule has 6 heteroatoms. The van der Waals surface area contributed by atoms with Crippen molar-refractivity contribution in [2.45, 2.75) is 5.88 Å². The zero-order chi connectivity index (χ0) is 10.1. The van der Waals surface area contributed by atoms with Gasteiger partial charge >= 0.3 is 0 Å². The highest BCUT2D eigenvalue weighted by atomic mass is 79.9. The van der Waals surface area contributed by atoms with Crippen LogP contribution in [0.1, 0.15) is 5.69 Å². The number of thiophene rings is 1. The first-order valence-corrected chi connectivity index (χ1v) is 7.06. The summed E-state index contributed by atoms with van der Waals surface area (Å²) in [6.07, 6.45) is 0. The van der Waals surface area contributed by atoms with Crippen molar-refractivity contribution < 1.29 is 0 Å². The van der Waals surface area contributed by atoms with Crippen LogP contribution in [-0.2, 0) is 5.88 Å². The first-order valence-electron chi connectivity index (χ1n) is 3.66. The van der Waals surface area contributed by atoms with Gasteiger partial charge < -0.3 is 0 Å². The van der Waals surface area contributed by atoms with Gasteiger partial charge in [-0.3, -0.25) is 0 Å². The minimum atomic E-state index is 0.455. The zero-order valence-electron chi connectivity index (χ0n) is 6.76. The Morgan fingerprint density at radius 1 is 1.50 bits per heavy atom. The Morgan fingerprint density at radius 2 is 2.29 bits per heavy atom. The predicted molar refractivity (Wildman–Crippen MR) is 67.7 cm³/mol. The third-order valence-electron chi connectivity index (χ3n) is 1.54. The second-order valence-corrected chi connectivity index (χ2v) is 6.14. The number of thiazole rings is 1. The van der Waals surface area contributed by atoms with Crippen molar-refractivity contribution in [3.8, 4) is 9.88 Å².